The van der Waals surface area contributed by atoms with Crippen LogP contribution in [0, 0.1) is 5.92 Å². The predicted octanol–water partition coefficient (Wildman–Crippen LogP) is 1.21. The molecular weight excluding hydrogens is 556 g/mol. The summed E-state index contributed by atoms with van der Waals surface area (Å²) in [4.78, 5) is 72.7. The molecule has 1 aliphatic carbocycles. The van der Waals surface area contributed by atoms with Crippen molar-refractivity contribution in [1.82, 2.24) is 10.6 Å². The van der Waals surface area contributed by atoms with E-state index in [9.17, 15) is 28.8 Å². The smallest absolute Gasteiger partial charge is 0.328 e. The van der Waals surface area contributed by atoms with E-state index in [2.05, 4.69) is 10.6 Å². The average molecular weight is 593 g/mol. The van der Waals surface area contributed by atoms with Gasteiger partial charge in [0.1, 0.15) is 18.7 Å². The number of methoxy groups -OCH3 is 1. The number of primary amides is 2. The molecule has 0 spiro atoms. The predicted molar refractivity (Wildman–Crippen MR) is 156 cm³/mol. The number of carbonyl (C=O) groups is 6. The van der Waals surface area contributed by atoms with Gasteiger partial charge in [-0.05, 0) is 35.1 Å². The van der Waals surface area contributed by atoms with Crippen molar-refractivity contribution >= 4 is 35.6 Å². The fourth-order valence-corrected chi connectivity index (χ4v) is 4.97. The Balaban J connectivity index is 1.72. The Labute approximate surface area is 249 Å². The van der Waals surface area contributed by atoms with Crippen molar-refractivity contribution in [3.05, 3.63) is 71.8 Å². The summed E-state index contributed by atoms with van der Waals surface area (Å²) in [7, 11) is 1.19. The number of hydrogen-bond acceptors (Lipinski definition) is 8. The minimum atomic E-state index is -1.36. The SMILES string of the molecule is COC(=O)[C@H](CC=CC[C@H](CC(=O)OCC1c2ccccc2-c2ccccc21)C(=O)N[C@@H](CC(N)=O)C(N)=O)NC(C)=O. The van der Waals surface area contributed by atoms with E-state index in [0.717, 1.165) is 22.3 Å². The second-order valence-electron chi connectivity index (χ2n) is 10.2. The third-order valence-corrected chi connectivity index (χ3v) is 7.04. The first-order chi connectivity index (χ1) is 20.5. The van der Waals surface area contributed by atoms with E-state index in [0.29, 0.717) is 0 Å². The van der Waals surface area contributed by atoms with Crippen LogP contribution in [0.25, 0.3) is 11.1 Å². The first-order valence-corrected chi connectivity index (χ1v) is 13.7. The van der Waals surface area contributed by atoms with Gasteiger partial charge < -0.3 is 31.6 Å². The maximum atomic E-state index is 13.1. The number of esters is 2. The van der Waals surface area contributed by atoms with E-state index in [-0.39, 0.29) is 31.8 Å². The second-order valence-corrected chi connectivity index (χ2v) is 10.2. The van der Waals surface area contributed by atoms with Crippen molar-refractivity contribution in [2.45, 2.75) is 50.6 Å². The number of hydrogen-bond donors (Lipinski definition) is 4. The number of ether oxygens (including phenoxy) is 2. The highest BCUT2D eigenvalue weighted by molar-refractivity contribution is 5.92. The van der Waals surface area contributed by atoms with Gasteiger partial charge >= 0.3 is 11.9 Å². The molecule has 1 aliphatic rings. The molecule has 2 aromatic rings. The molecule has 0 radical (unpaired) electrons. The van der Waals surface area contributed by atoms with Gasteiger partial charge in [0.25, 0.3) is 0 Å². The van der Waals surface area contributed by atoms with Crippen molar-refractivity contribution in [1.29, 1.82) is 0 Å². The Kier molecular flexibility index (Phi) is 11.6. The Morgan fingerprint density at radius 3 is 1.95 bits per heavy atom. The molecule has 3 rings (SSSR count). The van der Waals surface area contributed by atoms with Crippen molar-refractivity contribution < 1.29 is 38.2 Å². The molecule has 228 valence electrons. The fraction of sp³-hybridized carbons (Fsp3) is 0.355. The van der Waals surface area contributed by atoms with Crippen molar-refractivity contribution in [2.75, 3.05) is 13.7 Å². The molecule has 6 N–H and O–H groups in total. The molecule has 0 aromatic heterocycles. The summed E-state index contributed by atoms with van der Waals surface area (Å²) in [6.07, 6.45) is 2.34. The molecule has 0 saturated heterocycles. The van der Waals surface area contributed by atoms with Crippen LogP contribution in [0.5, 0.6) is 0 Å². The number of fused-ring (bicyclic) bond motifs is 3. The van der Waals surface area contributed by atoms with Crippen LogP contribution < -0.4 is 22.1 Å². The van der Waals surface area contributed by atoms with E-state index < -0.39 is 60.0 Å². The van der Waals surface area contributed by atoms with Gasteiger partial charge in [-0.2, -0.15) is 0 Å². The third kappa shape index (κ3) is 8.99. The molecule has 12 heteroatoms. The highest BCUT2D eigenvalue weighted by Gasteiger charge is 2.31. The third-order valence-electron chi connectivity index (χ3n) is 7.04. The highest BCUT2D eigenvalue weighted by atomic mass is 16.5. The normalized spacial score (nSPS) is 14.1. The molecule has 0 fully saturated rings. The average Bonchev–Trinajstić information content (AvgIpc) is 3.29. The summed E-state index contributed by atoms with van der Waals surface area (Å²) in [5.41, 5.74) is 14.7. The van der Waals surface area contributed by atoms with E-state index >= 15 is 0 Å². The standard InChI is InChI=1S/C31H36N4O8/c1-18(36)34-25(31(41)42-2)14-8-3-9-19(30(40)35-26(29(33)39)16-27(32)37)15-28(38)43-17-24-22-12-6-4-10-20(22)21-11-5-7-13-23(21)24/h3-8,10-13,19,24-26H,9,14-17H2,1-2H3,(H2,32,37)(H2,33,39)(H,34,36)(H,35,40)/t19-,25+,26+/m1/s1. The van der Waals surface area contributed by atoms with E-state index in [1.165, 1.54) is 14.0 Å². The summed E-state index contributed by atoms with van der Waals surface area (Å²) in [5.74, 6) is -5.43. The zero-order valence-corrected chi connectivity index (χ0v) is 24.0. The Bertz CT molecular complexity index is 1360. The van der Waals surface area contributed by atoms with Crippen molar-refractivity contribution in [3.63, 3.8) is 0 Å². The molecule has 0 heterocycles. The lowest BCUT2D eigenvalue weighted by Gasteiger charge is -2.20. The van der Waals surface area contributed by atoms with Crippen LogP contribution in [0.15, 0.2) is 60.7 Å². The first-order valence-electron chi connectivity index (χ1n) is 13.7. The number of rotatable bonds is 15. The lowest BCUT2D eigenvalue weighted by molar-refractivity contribution is -0.147. The minimum absolute atomic E-state index is 0.00600. The van der Waals surface area contributed by atoms with Crippen molar-refractivity contribution in [3.8, 4) is 11.1 Å². The topological polar surface area (TPSA) is 197 Å². The largest absolute Gasteiger partial charge is 0.467 e. The molecule has 0 bridgehead atoms. The minimum Gasteiger partial charge on any atom is -0.467 e. The number of carbonyl (C=O) groups excluding carboxylic acids is 6. The van der Waals surface area contributed by atoms with Crippen LogP contribution in [0.3, 0.4) is 0 Å². The first kappa shape index (κ1) is 32.5. The quantitative estimate of drug-likeness (QED) is 0.175. The van der Waals surface area contributed by atoms with Gasteiger partial charge in [0.05, 0.1) is 25.9 Å². The molecular formula is C31H36N4O8. The highest BCUT2D eigenvalue weighted by Crippen LogP contribution is 2.44. The van der Waals surface area contributed by atoms with Crippen LogP contribution in [0.4, 0.5) is 0 Å². The molecule has 0 unspecified atom stereocenters. The molecule has 0 saturated carbocycles. The van der Waals surface area contributed by atoms with Crippen LogP contribution in [-0.4, -0.2) is 61.4 Å². The van der Waals surface area contributed by atoms with Crippen LogP contribution in [0.2, 0.25) is 0 Å². The molecule has 3 atom stereocenters. The molecule has 12 nitrogen and oxygen atoms in total. The lowest BCUT2D eigenvalue weighted by Crippen LogP contribution is -2.48. The van der Waals surface area contributed by atoms with E-state index in [4.69, 9.17) is 20.9 Å². The van der Waals surface area contributed by atoms with Gasteiger partial charge in [0, 0.05) is 12.8 Å². The number of benzene rings is 2. The van der Waals surface area contributed by atoms with Crippen LogP contribution in [0.1, 0.15) is 49.7 Å². The van der Waals surface area contributed by atoms with Gasteiger partial charge in [-0.3, -0.25) is 24.0 Å². The van der Waals surface area contributed by atoms with Crippen LogP contribution in [-0.2, 0) is 38.2 Å². The second kappa shape index (κ2) is 15.3. The molecule has 0 aliphatic heterocycles. The number of nitrogens with two attached hydrogens (primary N) is 2. The fourth-order valence-electron chi connectivity index (χ4n) is 4.97. The van der Waals surface area contributed by atoms with Gasteiger partial charge in [-0.25, -0.2) is 4.79 Å². The lowest BCUT2D eigenvalue weighted by atomic mass is 9.97. The monoisotopic (exact) mass is 592 g/mol. The summed E-state index contributed by atoms with van der Waals surface area (Å²) in [5, 5.41) is 4.87. The zero-order valence-electron chi connectivity index (χ0n) is 24.0. The van der Waals surface area contributed by atoms with Gasteiger partial charge in [-0.15, -0.1) is 0 Å². The summed E-state index contributed by atoms with van der Waals surface area (Å²) in [6.45, 7) is 1.32. The van der Waals surface area contributed by atoms with Gasteiger partial charge in [0.15, 0.2) is 0 Å². The molecule has 2 aromatic carbocycles. The maximum absolute atomic E-state index is 13.1. The Hall–Kier alpha value is -5.00. The van der Waals surface area contributed by atoms with Gasteiger partial charge in [-0.1, -0.05) is 60.7 Å². The summed E-state index contributed by atoms with van der Waals surface area (Å²) >= 11 is 0. The zero-order chi connectivity index (χ0) is 31.5. The summed E-state index contributed by atoms with van der Waals surface area (Å²) < 4.78 is 10.4. The number of nitrogens with one attached hydrogen (secondary N) is 2. The molecule has 4 amide bonds. The van der Waals surface area contributed by atoms with Crippen molar-refractivity contribution in [2.24, 2.45) is 17.4 Å². The van der Waals surface area contributed by atoms with Gasteiger partial charge in [0.2, 0.25) is 23.6 Å². The van der Waals surface area contributed by atoms with Crippen LogP contribution >= 0.6 is 0 Å². The van der Waals surface area contributed by atoms with E-state index in [1.54, 1.807) is 12.2 Å². The molecule has 43 heavy (non-hydrogen) atoms. The number of amides is 4. The number of allylic oxidation sites excluding steroid dienone is 1. The Morgan fingerprint density at radius 2 is 1.42 bits per heavy atom. The van der Waals surface area contributed by atoms with E-state index in [1.807, 2.05) is 48.5 Å². The Morgan fingerprint density at radius 1 is 0.837 bits per heavy atom. The summed E-state index contributed by atoms with van der Waals surface area (Å²) in [6, 6.07) is 13.4. The maximum Gasteiger partial charge on any atom is 0.328 e.